The number of H-pyrrole nitrogens is 1. The molecule has 1 amide bonds. The molecule has 1 aromatic heterocycles. The monoisotopic (exact) mass is 444 g/mol. The molecule has 0 bridgehead atoms. The first-order valence-corrected chi connectivity index (χ1v) is 11.6. The molecule has 170 valence electrons. The Morgan fingerprint density at radius 2 is 2.00 bits per heavy atom. The van der Waals surface area contributed by atoms with Crippen LogP contribution in [-0.4, -0.2) is 39.3 Å². The zero-order valence-corrected chi connectivity index (χ0v) is 18.9. The van der Waals surface area contributed by atoms with Crippen molar-refractivity contribution < 1.29 is 19.4 Å². The Hall–Kier alpha value is -3.54. The maximum atomic E-state index is 13.2. The van der Waals surface area contributed by atoms with E-state index < -0.39 is 17.7 Å². The number of hydrogen-bond donors (Lipinski definition) is 2. The average Bonchev–Trinajstić information content (AvgIpc) is 3.47. The number of carbonyl (C=O) groups is 2. The Morgan fingerprint density at radius 1 is 1.18 bits per heavy atom. The summed E-state index contributed by atoms with van der Waals surface area (Å²) in [7, 11) is 0. The zero-order chi connectivity index (χ0) is 23.1. The first kappa shape index (κ1) is 21.3. The molecule has 3 aromatic rings. The Labute approximate surface area is 192 Å². The summed E-state index contributed by atoms with van der Waals surface area (Å²) in [4.78, 5) is 31.2. The summed E-state index contributed by atoms with van der Waals surface area (Å²) in [6.07, 6.45) is 5.45. The molecule has 3 heterocycles. The van der Waals surface area contributed by atoms with Crippen LogP contribution in [0.3, 0.4) is 0 Å². The number of unbranched alkanes of at least 4 members (excludes halogenated alkanes) is 2. The lowest BCUT2D eigenvalue weighted by Gasteiger charge is -2.25. The van der Waals surface area contributed by atoms with Crippen molar-refractivity contribution in [3.05, 3.63) is 70.9 Å². The van der Waals surface area contributed by atoms with E-state index in [-0.39, 0.29) is 17.4 Å². The number of aliphatic hydroxyl groups excluding tert-OH is 1. The number of fused-ring (bicyclic) bond motifs is 2. The number of amides is 1. The SMILES string of the molecule is CCCCCN1C(=O)C(=O)/C(=C(/O)c2ccc3c(c2)CC(C)O3)C1c1c[nH]c2ccccc12. The van der Waals surface area contributed by atoms with Gasteiger partial charge in [0.1, 0.15) is 17.6 Å². The van der Waals surface area contributed by atoms with Gasteiger partial charge >= 0.3 is 0 Å². The quantitative estimate of drug-likeness (QED) is 0.240. The summed E-state index contributed by atoms with van der Waals surface area (Å²) in [5, 5.41) is 12.3. The minimum absolute atomic E-state index is 0.0766. The van der Waals surface area contributed by atoms with E-state index in [1.54, 1.807) is 11.0 Å². The molecule has 2 aromatic carbocycles. The molecular formula is C27H28N2O4. The summed E-state index contributed by atoms with van der Waals surface area (Å²) in [5.41, 5.74) is 3.42. The standard InChI is InChI=1S/C27H28N2O4/c1-3-4-7-12-29-24(20-15-28-21-9-6-5-8-19(20)21)23(26(31)27(29)32)25(30)17-10-11-22-18(14-17)13-16(2)33-22/h5-6,8-11,14-16,24,28,30H,3-4,7,12-13H2,1-2H3/b25-23+. The van der Waals surface area contributed by atoms with Gasteiger partial charge in [-0.25, -0.2) is 0 Å². The van der Waals surface area contributed by atoms with Gasteiger partial charge < -0.3 is 19.7 Å². The largest absolute Gasteiger partial charge is 0.507 e. The molecule has 6 nitrogen and oxygen atoms in total. The highest BCUT2D eigenvalue weighted by Crippen LogP contribution is 2.42. The number of benzene rings is 2. The van der Waals surface area contributed by atoms with Gasteiger partial charge in [0.05, 0.1) is 11.6 Å². The number of aromatic nitrogens is 1. The van der Waals surface area contributed by atoms with Gasteiger partial charge in [0.25, 0.3) is 11.7 Å². The summed E-state index contributed by atoms with van der Waals surface area (Å²) < 4.78 is 5.77. The van der Waals surface area contributed by atoms with E-state index in [4.69, 9.17) is 4.74 Å². The van der Waals surface area contributed by atoms with Crippen molar-refractivity contribution in [3.63, 3.8) is 0 Å². The molecule has 5 rings (SSSR count). The third-order valence-corrected chi connectivity index (χ3v) is 6.63. The van der Waals surface area contributed by atoms with Gasteiger partial charge in [-0.3, -0.25) is 9.59 Å². The van der Waals surface area contributed by atoms with Crippen molar-refractivity contribution >= 4 is 28.4 Å². The fourth-order valence-corrected chi connectivity index (χ4v) is 5.01. The van der Waals surface area contributed by atoms with Crippen LogP contribution in [-0.2, 0) is 16.0 Å². The molecule has 6 heteroatoms. The average molecular weight is 445 g/mol. The van der Waals surface area contributed by atoms with E-state index in [1.165, 1.54) is 0 Å². The van der Waals surface area contributed by atoms with Crippen LogP contribution in [0, 0.1) is 0 Å². The molecule has 33 heavy (non-hydrogen) atoms. The van der Waals surface area contributed by atoms with Crippen molar-refractivity contribution in [3.8, 4) is 5.75 Å². The minimum Gasteiger partial charge on any atom is -0.507 e. The van der Waals surface area contributed by atoms with Crippen LogP contribution in [0.1, 0.15) is 55.8 Å². The van der Waals surface area contributed by atoms with Crippen molar-refractivity contribution in [2.45, 2.75) is 51.7 Å². The van der Waals surface area contributed by atoms with Crippen LogP contribution in [0.25, 0.3) is 16.7 Å². The molecule has 2 aliphatic rings. The van der Waals surface area contributed by atoms with Crippen molar-refractivity contribution in [1.29, 1.82) is 0 Å². The van der Waals surface area contributed by atoms with E-state index >= 15 is 0 Å². The van der Waals surface area contributed by atoms with Gasteiger partial charge in [-0.05, 0) is 43.2 Å². The number of hydrogen-bond acceptors (Lipinski definition) is 4. The Balaban J connectivity index is 1.64. The number of ether oxygens (including phenoxy) is 1. The number of para-hydroxylation sites is 1. The van der Waals surface area contributed by atoms with Gasteiger partial charge in [0.2, 0.25) is 0 Å². The second-order valence-corrected chi connectivity index (χ2v) is 8.94. The van der Waals surface area contributed by atoms with Crippen LogP contribution < -0.4 is 4.74 Å². The molecular weight excluding hydrogens is 416 g/mol. The van der Waals surface area contributed by atoms with Gasteiger partial charge in [-0.15, -0.1) is 0 Å². The van der Waals surface area contributed by atoms with Crippen LogP contribution in [0.15, 0.2) is 54.2 Å². The van der Waals surface area contributed by atoms with Gasteiger partial charge in [-0.1, -0.05) is 38.0 Å². The van der Waals surface area contributed by atoms with Crippen molar-refractivity contribution in [1.82, 2.24) is 9.88 Å². The predicted molar refractivity (Wildman–Crippen MR) is 127 cm³/mol. The highest BCUT2D eigenvalue weighted by Gasteiger charge is 2.46. The predicted octanol–water partition coefficient (Wildman–Crippen LogP) is 5.10. The Morgan fingerprint density at radius 3 is 2.82 bits per heavy atom. The number of nitrogens with zero attached hydrogens (tertiary/aromatic N) is 1. The number of Topliss-reactive ketones (excluding diaryl/α,β-unsaturated/α-hetero) is 1. The maximum Gasteiger partial charge on any atom is 0.295 e. The van der Waals surface area contributed by atoms with E-state index in [0.717, 1.165) is 53.5 Å². The highest BCUT2D eigenvalue weighted by atomic mass is 16.5. The molecule has 1 saturated heterocycles. The number of rotatable bonds is 6. The molecule has 2 atom stereocenters. The normalized spacial score (nSPS) is 21.6. The fourth-order valence-electron chi connectivity index (χ4n) is 5.01. The van der Waals surface area contributed by atoms with E-state index in [0.29, 0.717) is 12.1 Å². The molecule has 0 aliphatic carbocycles. The minimum atomic E-state index is -0.638. The number of ketones is 1. The number of nitrogens with one attached hydrogen (secondary N) is 1. The van der Waals surface area contributed by atoms with Gasteiger partial charge in [-0.2, -0.15) is 0 Å². The highest BCUT2D eigenvalue weighted by molar-refractivity contribution is 6.46. The van der Waals surface area contributed by atoms with Crippen LogP contribution in [0.4, 0.5) is 0 Å². The summed E-state index contributed by atoms with van der Waals surface area (Å²) in [6, 6.07) is 12.6. The number of carbonyl (C=O) groups excluding carboxylic acids is 2. The summed E-state index contributed by atoms with van der Waals surface area (Å²) in [6.45, 7) is 4.57. The maximum absolute atomic E-state index is 13.2. The zero-order valence-electron chi connectivity index (χ0n) is 18.9. The van der Waals surface area contributed by atoms with E-state index in [1.807, 2.05) is 49.5 Å². The summed E-state index contributed by atoms with van der Waals surface area (Å²) in [5.74, 6) is -0.526. The molecule has 0 saturated carbocycles. The molecule has 0 radical (unpaired) electrons. The van der Waals surface area contributed by atoms with Crippen molar-refractivity contribution in [2.24, 2.45) is 0 Å². The first-order chi connectivity index (χ1) is 16.0. The topological polar surface area (TPSA) is 82.6 Å². The summed E-state index contributed by atoms with van der Waals surface area (Å²) >= 11 is 0. The molecule has 2 unspecified atom stereocenters. The smallest absolute Gasteiger partial charge is 0.295 e. The molecule has 0 spiro atoms. The van der Waals surface area contributed by atoms with Crippen LogP contribution >= 0.6 is 0 Å². The molecule has 2 N–H and O–H groups in total. The number of likely N-dealkylation sites (tertiary alicyclic amines) is 1. The third kappa shape index (κ3) is 3.59. The lowest BCUT2D eigenvalue weighted by Crippen LogP contribution is -2.30. The van der Waals surface area contributed by atoms with Crippen molar-refractivity contribution in [2.75, 3.05) is 6.54 Å². The van der Waals surface area contributed by atoms with E-state index in [9.17, 15) is 14.7 Å². The third-order valence-electron chi connectivity index (χ3n) is 6.63. The fraction of sp³-hybridized carbons (Fsp3) is 0.333. The van der Waals surface area contributed by atoms with Crippen LogP contribution in [0.2, 0.25) is 0 Å². The van der Waals surface area contributed by atoms with E-state index in [2.05, 4.69) is 11.9 Å². The molecule has 1 fully saturated rings. The number of aromatic amines is 1. The lowest BCUT2D eigenvalue weighted by atomic mass is 9.94. The lowest BCUT2D eigenvalue weighted by molar-refractivity contribution is -0.139. The van der Waals surface area contributed by atoms with Crippen LogP contribution in [0.5, 0.6) is 5.75 Å². The second-order valence-electron chi connectivity index (χ2n) is 8.94. The Kier molecular flexibility index (Phi) is 5.44. The Bertz CT molecular complexity index is 1270. The first-order valence-electron chi connectivity index (χ1n) is 11.6. The number of aliphatic hydroxyl groups is 1. The van der Waals surface area contributed by atoms with Gasteiger partial charge in [0, 0.05) is 41.2 Å². The second kappa shape index (κ2) is 8.43. The van der Waals surface area contributed by atoms with Gasteiger partial charge in [0.15, 0.2) is 0 Å². The molecule has 2 aliphatic heterocycles.